The zero-order valence-corrected chi connectivity index (χ0v) is 59.5. The Morgan fingerprint density at radius 1 is 0.330 bits per heavy atom. The van der Waals surface area contributed by atoms with Crippen LogP contribution in [0.4, 0.5) is 0 Å². The highest BCUT2D eigenvalue weighted by molar-refractivity contribution is 5.71. The lowest BCUT2D eigenvalue weighted by atomic mass is 10.0. The van der Waals surface area contributed by atoms with Crippen LogP contribution < -0.4 is 0 Å². The molecular formula is C82H140NO8+. The van der Waals surface area contributed by atoms with Crippen molar-refractivity contribution >= 4 is 17.9 Å². The number of unbranched alkanes of at least 4 members (excludes halogenated alkanes) is 31. The molecule has 520 valence electrons. The minimum absolute atomic E-state index is 0.183. The van der Waals surface area contributed by atoms with Crippen LogP contribution in [0, 0.1) is 0 Å². The van der Waals surface area contributed by atoms with Crippen molar-refractivity contribution < 1.29 is 42.9 Å². The van der Waals surface area contributed by atoms with Crippen LogP contribution in [0.2, 0.25) is 0 Å². The fourth-order valence-corrected chi connectivity index (χ4v) is 10.3. The quantitative estimate of drug-likeness (QED) is 0.0211. The average molecular weight is 1270 g/mol. The molecule has 0 heterocycles. The minimum atomic E-state index is -1.52. The van der Waals surface area contributed by atoms with Crippen LogP contribution in [-0.2, 0) is 33.3 Å². The standard InChI is InChI=1S/C82H139NO8/c1-6-8-10-12-14-16-18-20-22-24-26-28-30-32-33-34-35-36-37-38-39-40-41-42-43-44-45-46-47-49-51-53-55-57-59-61-63-65-67-69-71-73-80(85)91-78(77-90-82(81(86)87)88-75-74-83(3,4)5)76-89-79(84)72-70-68-66-64-62-60-58-56-54-52-50-48-31-29-27-25-23-21-19-17-15-13-11-9-7-2/h8-11,14-17,20-23,26-29,32-33,35-36,48,50,78,82H,6-7,12-13,18-19,24-25,30-31,34,37-47,49,51-77H2,1-5H3/p+1/b10-8-,11-9-,16-14-,17-15-,22-20-,23-21-,28-26-,29-27-,33-32-,36-35-,50-48-. The second-order valence-corrected chi connectivity index (χ2v) is 25.8. The molecule has 0 saturated heterocycles. The molecular weight excluding hydrogens is 1130 g/mol. The van der Waals surface area contributed by atoms with E-state index in [1.54, 1.807) is 0 Å². The van der Waals surface area contributed by atoms with Crippen LogP contribution >= 0.6 is 0 Å². The van der Waals surface area contributed by atoms with E-state index in [0.717, 1.165) is 122 Å². The molecule has 9 heteroatoms. The second kappa shape index (κ2) is 71.3. The van der Waals surface area contributed by atoms with Crippen LogP contribution in [0.25, 0.3) is 0 Å². The van der Waals surface area contributed by atoms with Gasteiger partial charge in [-0.1, -0.05) is 321 Å². The number of carboxylic acid groups (broad SMARTS) is 1. The van der Waals surface area contributed by atoms with Gasteiger partial charge in [0.25, 0.3) is 6.29 Å². The number of carboxylic acids is 1. The molecule has 2 atom stereocenters. The number of carbonyl (C=O) groups excluding carboxylic acids is 2. The highest BCUT2D eigenvalue weighted by Gasteiger charge is 2.25. The van der Waals surface area contributed by atoms with Gasteiger partial charge >= 0.3 is 17.9 Å². The second-order valence-electron chi connectivity index (χ2n) is 25.8. The molecule has 0 fully saturated rings. The van der Waals surface area contributed by atoms with Crippen molar-refractivity contribution in [3.05, 3.63) is 134 Å². The van der Waals surface area contributed by atoms with Gasteiger partial charge in [-0.3, -0.25) is 9.59 Å². The summed E-state index contributed by atoms with van der Waals surface area (Å²) in [6, 6.07) is 0. The largest absolute Gasteiger partial charge is 0.477 e. The number of nitrogens with zero attached hydrogens (tertiary/aromatic N) is 1. The fourth-order valence-electron chi connectivity index (χ4n) is 10.3. The predicted octanol–water partition coefficient (Wildman–Crippen LogP) is 23.7. The summed E-state index contributed by atoms with van der Waals surface area (Å²) in [7, 11) is 5.98. The van der Waals surface area contributed by atoms with Crippen molar-refractivity contribution in [3.63, 3.8) is 0 Å². The van der Waals surface area contributed by atoms with Gasteiger partial charge in [0.2, 0.25) is 0 Å². The molecule has 0 bridgehead atoms. The highest BCUT2D eigenvalue weighted by atomic mass is 16.7. The van der Waals surface area contributed by atoms with Crippen LogP contribution in [0.3, 0.4) is 0 Å². The van der Waals surface area contributed by atoms with Crippen molar-refractivity contribution in [2.45, 2.75) is 322 Å². The molecule has 0 aliphatic rings. The maximum atomic E-state index is 13.0. The first-order valence-electron chi connectivity index (χ1n) is 37.3. The molecule has 9 nitrogen and oxygen atoms in total. The third-order valence-corrected chi connectivity index (χ3v) is 15.9. The summed E-state index contributed by atoms with van der Waals surface area (Å²) in [6.45, 7) is 4.66. The summed E-state index contributed by atoms with van der Waals surface area (Å²) >= 11 is 0. The summed E-state index contributed by atoms with van der Waals surface area (Å²) in [6.07, 6.45) is 100. The maximum absolute atomic E-state index is 13.0. The van der Waals surface area contributed by atoms with Crippen molar-refractivity contribution in [2.75, 3.05) is 47.5 Å². The number of allylic oxidation sites excluding steroid dienone is 22. The van der Waals surface area contributed by atoms with Gasteiger partial charge in [0.15, 0.2) is 6.10 Å². The summed E-state index contributed by atoms with van der Waals surface area (Å²) in [5, 5.41) is 9.76. The molecule has 0 aliphatic carbocycles. The van der Waals surface area contributed by atoms with Gasteiger partial charge < -0.3 is 28.5 Å². The van der Waals surface area contributed by atoms with Gasteiger partial charge in [-0.15, -0.1) is 0 Å². The number of aliphatic carboxylic acids is 1. The Morgan fingerprint density at radius 3 is 0.879 bits per heavy atom. The topological polar surface area (TPSA) is 108 Å². The monoisotopic (exact) mass is 1270 g/mol. The Kier molecular flexibility index (Phi) is 67.7. The van der Waals surface area contributed by atoms with Crippen LogP contribution in [-0.4, -0.2) is 87.4 Å². The van der Waals surface area contributed by atoms with E-state index in [2.05, 4.69) is 148 Å². The SMILES string of the molecule is CC/C=C\C/C=C\C/C=C\C/C=C\C/C=C\C/C=C\CCCCCCCCCCCCCCCCCCCCCCCCC(=O)OC(COC(=O)CCCCCCCCCCC/C=C\C/C=C\C/C=C\C/C=C\C/C=C\CC)COC(OCC[N+](C)(C)C)C(=O)O. The Morgan fingerprint density at radius 2 is 0.593 bits per heavy atom. The summed E-state index contributed by atoms with van der Waals surface area (Å²) in [4.78, 5) is 37.7. The number of rotatable bonds is 68. The van der Waals surface area contributed by atoms with Crippen molar-refractivity contribution in [2.24, 2.45) is 0 Å². The zero-order valence-electron chi connectivity index (χ0n) is 59.5. The van der Waals surface area contributed by atoms with Gasteiger partial charge in [-0.25, -0.2) is 4.79 Å². The molecule has 0 saturated carbocycles. The number of quaternary nitrogens is 1. The van der Waals surface area contributed by atoms with Crippen LogP contribution in [0.1, 0.15) is 309 Å². The number of ether oxygens (including phenoxy) is 4. The van der Waals surface area contributed by atoms with Gasteiger partial charge in [0.1, 0.15) is 13.2 Å². The minimum Gasteiger partial charge on any atom is -0.477 e. The Labute approximate surface area is 560 Å². The van der Waals surface area contributed by atoms with Crippen molar-refractivity contribution in [1.82, 2.24) is 0 Å². The van der Waals surface area contributed by atoms with E-state index in [1.807, 2.05) is 21.1 Å². The lowest BCUT2D eigenvalue weighted by molar-refractivity contribution is -0.870. The molecule has 0 aliphatic heterocycles. The Bertz CT molecular complexity index is 1960. The van der Waals surface area contributed by atoms with E-state index in [4.69, 9.17) is 18.9 Å². The first kappa shape index (κ1) is 86.4. The van der Waals surface area contributed by atoms with Gasteiger partial charge in [-0.2, -0.15) is 0 Å². The highest BCUT2D eigenvalue weighted by Crippen LogP contribution is 2.18. The van der Waals surface area contributed by atoms with E-state index in [-0.39, 0.29) is 32.2 Å². The van der Waals surface area contributed by atoms with Crippen molar-refractivity contribution in [3.8, 4) is 0 Å². The lowest BCUT2D eigenvalue weighted by Crippen LogP contribution is -2.40. The van der Waals surface area contributed by atoms with Gasteiger partial charge in [-0.05, 0) is 109 Å². The molecule has 0 aromatic carbocycles. The van der Waals surface area contributed by atoms with E-state index < -0.39 is 24.3 Å². The van der Waals surface area contributed by atoms with E-state index in [1.165, 1.54) is 161 Å². The van der Waals surface area contributed by atoms with E-state index in [0.29, 0.717) is 17.4 Å². The average Bonchev–Trinajstić information content (AvgIpc) is 3.53. The molecule has 2 unspecified atom stereocenters. The van der Waals surface area contributed by atoms with Crippen molar-refractivity contribution in [1.29, 1.82) is 0 Å². The molecule has 0 spiro atoms. The first-order valence-corrected chi connectivity index (χ1v) is 37.3. The molecule has 0 rings (SSSR count). The summed E-state index contributed by atoms with van der Waals surface area (Å²) < 4.78 is 23.0. The third kappa shape index (κ3) is 72.7. The number of esters is 2. The Hall–Kier alpha value is -4.57. The fraction of sp³-hybridized carbons (Fsp3) is 0.695. The predicted molar refractivity (Wildman–Crippen MR) is 391 cm³/mol. The van der Waals surface area contributed by atoms with E-state index in [9.17, 15) is 19.5 Å². The summed E-state index contributed by atoms with van der Waals surface area (Å²) in [5.74, 6) is -2.01. The molecule has 0 aromatic heterocycles. The smallest absolute Gasteiger partial charge is 0.361 e. The third-order valence-electron chi connectivity index (χ3n) is 15.9. The molecule has 91 heavy (non-hydrogen) atoms. The molecule has 0 aromatic rings. The van der Waals surface area contributed by atoms with Crippen LogP contribution in [0.5, 0.6) is 0 Å². The summed E-state index contributed by atoms with van der Waals surface area (Å²) in [5.41, 5.74) is 0. The lowest BCUT2D eigenvalue weighted by Gasteiger charge is -2.25. The molecule has 0 radical (unpaired) electrons. The number of likely N-dealkylation sites (N-methyl/N-ethyl adjacent to an activating group) is 1. The number of carbonyl (C=O) groups is 3. The normalized spacial score (nSPS) is 13.5. The van der Waals surface area contributed by atoms with Gasteiger partial charge in [0.05, 0.1) is 34.4 Å². The zero-order chi connectivity index (χ0) is 66.1. The number of hydrogen-bond acceptors (Lipinski definition) is 7. The van der Waals surface area contributed by atoms with Gasteiger partial charge in [0, 0.05) is 12.8 Å². The molecule has 0 amide bonds. The molecule has 1 N–H and O–H groups in total. The van der Waals surface area contributed by atoms with Crippen LogP contribution in [0.15, 0.2) is 134 Å². The number of hydrogen-bond donors (Lipinski definition) is 1. The Balaban J connectivity index is 4.03. The van der Waals surface area contributed by atoms with E-state index >= 15 is 0 Å². The first-order chi connectivity index (χ1) is 44.6. The maximum Gasteiger partial charge on any atom is 0.361 e.